The fourth-order valence-corrected chi connectivity index (χ4v) is 5.42. The van der Waals surface area contributed by atoms with Gasteiger partial charge in [0.25, 0.3) is 5.91 Å². The number of piperidine rings is 1. The lowest BCUT2D eigenvalue weighted by atomic mass is 9.96. The Balaban J connectivity index is 1.38. The van der Waals surface area contributed by atoms with Crippen molar-refractivity contribution in [3.63, 3.8) is 0 Å². The molecular weight excluding hydrogens is 400 g/mol. The van der Waals surface area contributed by atoms with Crippen LogP contribution in [0.5, 0.6) is 0 Å². The molecule has 0 bridgehead atoms. The van der Waals surface area contributed by atoms with Gasteiger partial charge in [-0.25, -0.2) is 0 Å². The van der Waals surface area contributed by atoms with Gasteiger partial charge in [0.05, 0.1) is 18.1 Å². The van der Waals surface area contributed by atoms with Crippen molar-refractivity contribution in [2.75, 3.05) is 32.8 Å². The maximum atomic E-state index is 13.8. The molecular formula is C27H30N2O3. The number of esters is 1. The van der Waals surface area contributed by atoms with Gasteiger partial charge in [0, 0.05) is 25.7 Å². The molecule has 5 nitrogen and oxygen atoms in total. The number of ether oxygens (including phenoxy) is 1. The summed E-state index contributed by atoms with van der Waals surface area (Å²) in [6.07, 6.45) is 2.85. The molecule has 1 unspecified atom stereocenters. The molecule has 0 N–H and O–H groups in total. The van der Waals surface area contributed by atoms with Gasteiger partial charge in [-0.2, -0.15) is 0 Å². The highest BCUT2D eigenvalue weighted by molar-refractivity contribution is 6.18. The first-order valence-electron chi connectivity index (χ1n) is 11.8. The van der Waals surface area contributed by atoms with E-state index in [1.165, 1.54) is 0 Å². The topological polar surface area (TPSA) is 49.9 Å². The van der Waals surface area contributed by atoms with Gasteiger partial charge in [0.15, 0.2) is 0 Å². The van der Waals surface area contributed by atoms with E-state index in [1.54, 1.807) is 0 Å². The van der Waals surface area contributed by atoms with Crippen LogP contribution in [-0.4, -0.2) is 60.5 Å². The summed E-state index contributed by atoms with van der Waals surface area (Å²) < 4.78 is 5.26. The predicted molar refractivity (Wildman–Crippen MR) is 127 cm³/mol. The zero-order chi connectivity index (χ0) is 22.1. The standard InChI is InChI=1S/C27H30N2O3/c1-2-32-27(31)21-10-7-14-28(17-21)22-13-15-29(18-22)26(30)25-23-11-5-3-8-19(23)16-20-9-4-6-12-24(20)25/h3-6,8-9,11-12,16,21-22H,2,7,10,13-15,17-18H2,1H3/t21-,22?/m1/s1. The van der Waals surface area contributed by atoms with Crippen molar-refractivity contribution >= 4 is 33.4 Å². The minimum Gasteiger partial charge on any atom is -0.466 e. The van der Waals surface area contributed by atoms with Gasteiger partial charge in [-0.05, 0) is 60.3 Å². The van der Waals surface area contributed by atoms with Gasteiger partial charge in [0.2, 0.25) is 0 Å². The molecule has 0 aromatic heterocycles. The second-order valence-electron chi connectivity index (χ2n) is 8.97. The van der Waals surface area contributed by atoms with Gasteiger partial charge in [0.1, 0.15) is 0 Å². The van der Waals surface area contributed by atoms with Crippen LogP contribution in [0.4, 0.5) is 0 Å². The van der Waals surface area contributed by atoms with E-state index in [0.29, 0.717) is 19.2 Å². The van der Waals surface area contributed by atoms with Crippen molar-refractivity contribution < 1.29 is 14.3 Å². The Kier molecular flexibility index (Phi) is 5.83. The Morgan fingerprint density at radius 3 is 2.31 bits per heavy atom. The third-order valence-electron chi connectivity index (χ3n) is 7.02. The molecule has 32 heavy (non-hydrogen) atoms. The average Bonchev–Trinajstić information content (AvgIpc) is 3.33. The van der Waals surface area contributed by atoms with E-state index in [1.807, 2.05) is 36.1 Å². The quantitative estimate of drug-likeness (QED) is 0.452. The number of amides is 1. The summed E-state index contributed by atoms with van der Waals surface area (Å²) in [6, 6.07) is 18.8. The van der Waals surface area contributed by atoms with Gasteiger partial charge in [-0.15, -0.1) is 0 Å². The van der Waals surface area contributed by atoms with Gasteiger partial charge in [-0.1, -0.05) is 48.5 Å². The molecule has 0 saturated carbocycles. The molecule has 2 aliphatic heterocycles. The second kappa shape index (κ2) is 8.91. The maximum absolute atomic E-state index is 13.8. The van der Waals surface area contributed by atoms with E-state index >= 15 is 0 Å². The lowest BCUT2D eigenvalue weighted by Crippen LogP contribution is -2.46. The van der Waals surface area contributed by atoms with E-state index in [4.69, 9.17) is 4.74 Å². The monoisotopic (exact) mass is 430 g/mol. The van der Waals surface area contributed by atoms with Crippen molar-refractivity contribution in [1.29, 1.82) is 0 Å². The normalized spacial score (nSPS) is 21.8. The SMILES string of the molecule is CCOC(=O)[C@@H]1CCCN(C2CCN(C(=O)c3c4ccccc4cc4ccccc34)C2)C1. The first-order valence-corrected chi connectivity index (χ1v) is 11.8. The van der Waals surface area contributed by atoms with Crippen molar-refractivity contribution in [2.24, 2.45) is 5.92 Å². The largest absolute Gasteiger partial charge is 0.466 e. The molecule has 2 aliphatic rings. The van der Waals surface area contributed by atoms with E-state index < -0.39 is 0 Å². The number of benzene rings is 3. The number of likely N-dealkylation sites (tertiary alicyclic amines) is 2. The third kappa shape index (κ3) is 3.86. The molecule has 0 aliphatic carbocycles. The molecule has 3 aromatic carbocycles. The Bertz CT molecular complexity index is 1100. The van der Waals surface area contributed by atoms with Gasteiger partial charge >= 0.3 is 5.97 Å². The summed E-state index contributed by atoms with van der Waals surface area (Å²) in [4.78, 5) is 30.5. The highest BCUT2D eigenvalue weighted by atomic mass is 16.5. The molecule has 2 atom stereocenters. The maximum Gasteiger partial charge on any atom is 0.310 e. The third-order valence-corrected chi connectivity index (χ3v) is 7.02. The zero-order valence-electron chi connectivity index (χ0n) is 18.6. The highest BCUT2D eigenvalue weighted by Gasteiger charge is 2.36. The molecule has 3 aromatic rings. The fourth-order valence-electron chi connectivity index (χ4n) is 5.42. The summed E-state index contributed by atoms with van der Waals surface area (Å²) in [6.45, 7) is 5.48. The first-order chi connectivity index (χ1) is 15.7. The van der Waals surface area contributed by atoms with Crippen LogP contribution in [0.2, 0.25) is 0 Å². The van der Waals surface area contributed by atoms with Crippen LogP contribution in [-0.2, 0) is 9.53 Å². The number of hydrogen-bond donors (Lipinski definition) is 0. The minimum absolute atomic E-state index is 0.0459. The van der Waals surface area contributed by atoms with E-state index in [9.17, 15) is 9.59 Å². The van der Waals surface area contributed by atoms with Crippen LogP contribution < -0.4 is 0 Å². The van der Waals surface area contributed by atoms with Crippen LogP contribution in [0.25, 0.3) is 21.5 Å². The Morgan fingerprint density at radius 1 is 0.938 bits per heavy atom. The van der Waals surface area contributed by atoms with Crippen LogP contribution in [0.1, 0.15) is 36.5 Å². The summed E-state index contributed by atoms with van der Waals surface area (Å²) in [5, 5.41) is 4.22. The molecule has 5 heteroatoms. The highest BCUT2D eigenvalue weighted by Crippen LogP contribution is 2.31. The average molecular weight is 431 g/mol. The molecule has 2 saturated heterocycles. The molecule has 0 radical (unpaired) electrons. The van der Waals surface area contributed by atoms with Crippen LogP contribution in [0.15, 0.2) is 54.6 Å². The Hall–Kier alpha value is -2.92. The predicted octanol–water partition coefficient (Wildman–Crippen LogP) is 4.48. The lowest BCUT2D eigenvalue weighted by Gasteiger charge is -2.35. The van der Waals surface area contributed by atoms with E-state index in [0.717, 1.165) is 66.0 Å². The summed E-state index contributed by atoms with van der Waals surface area (Å²) in [5.74, 6) is -0.0136. The first kappa shape index (κ1) is 21.0. The molecule has 5 rings (SSSR count). The number of rotatable bonds is 4. The number of nitrogens with zero attached hydrogens (tertiary/aromatic N) is 2. The second-order valence-corrected chi connectivity index (χ2v) is 8.97. The van der Waals surface area contributed by atoms with Gasteiger partial charge in [-0.3, -0.25) is 14.5 Å². The smallest absolute Gasteiger partial charge is 0.310 e. The number of carbonyl (C=O) groups excluding carboxylic acids is 2. The minimum atomic E-state index is -0.0784. The Morgan fingerprint density at radius 2 is 1.62 bits per heavy atom. The molecule has 0 spiro atoms. The fraction of sp³-hybridized carbons (Fsp3) is 0.407. The summed E-state index contributed by atoms with van der Waals surface area (Å²) in [7, 11) is 0. The van der Waals surface area contributed by atoms with Crippen LogP contribution >= 0.6 is 0 Å². The molecule has 166 valence electrons. The zero-order valence-corrected chi connectivity index (χ0v) is 18.6. The number of carbonyl (C=O) groups is 2. The van der Waals surface area contributed by atoms with E-state index in [2.05, 4.69) is 35.2 Å². The summed E-state index contributed by atoms with van der Waals surface area (Å²) in [5.41, 5.74) is 0.808. The van der Waals surface area contributed by atoms with Crippen LogP contribution in [0, 0.1) is 5.92 Å². The number of fused-ring (bicyclic) bond motifs is 2. The van der Waals surface area contributed by atoms with Crippen molar-refractivity contribution in [3.8, 4) is 0 Å². The lowest BCUT2D eigenvalue weighted by molar-refractivity contribution is -0.150. The summed E-state index contributed by atoms with van der Waals surface area (Å²) >= 11 is 0. The van der Waals surface area contributed by atoms with Crippen molar-refractivity contribution in [1.82, 2.24) is 9.80 Å². The van der Waals surface area contributed by atoms with Crippen molar-refractivity contribution in [3.05, 3.63) is 60.2 Å². The van der Waals surface area contributed by atoms with Crippen LogP contribution in [0.3, 0.4) is 0 Å². The van der Waals surface area contributed by atoms with E-state index in [-0.39, 0.29) is 17.8 Å². The Labute approximate surface area is 188 Å². The molecule has 1 amide bonds. The number of hydrogen-bond acceptors (Lipinski definition) is 4. The molecule has 2 fully saturated rings. The molecule has 2 heterocycles. The van der Waals surface area contributed by atoms with Crippen molar-refractivity contribution in [2.45, 2.75) is 32.2 Å². The van der Waals surface area contributed by atoms with Gasteiger partial charge < -0.3 is 9.64 Å².